The molecule has 6 heteroatoms. The van der Waals surface area contributed by atoms with Crippen LogP contribution in [0.3, 0.4) is 0 Å². The van der Waals surface area contributed by atoms with Crippen molar-refractivity contribution in [1.29, 1.82) is 0 Å². The van der Waals surface area contributed by atoms with Gasteiger partial charge in [-0.1, -0.05) is 0 Å². The van der Waals surface area contributed by atoms with Crippen molar-refractivity contribution >= 4 is 11.4 Å². The Morgan fingerprint density at radius 1 is 1.62 bits per heavy atom. The first-order valence-corrected chi connectivity index (χ1v) is 5.42. The van der Waals surface area contributed by atoms with E-state index in [1.807, 2.05) is 6.92 Å². The molecular weight excluding hydrogens is 192 g/mol. The zero-order valence-corrected chi connectivity index (χ0v) is 8.55. The zero-order chi connectivity index (χ0) is 9.68. The lowest BCUT2D eigenvalue weighted by Gasteiger charge is -2.32. The smallest absolute Gasteiger partial charge is 0.301 e. The van der Waals surface area contributed by atoms with Crippen molar-refractivity contribution in [3.8, 4) is 0 Å². The average Bonchev–Trinajstić information content (AvgIpc) is 2.15. The van der Waals surface area contributed by atoms with E-state index in [0.29, 0.717) is 6.61 Å². The van der Waals surface area contributed by atoms with E-state index in [0.717, 1.165) is 26.2 Å². The standard InChI is InChI=1S/C7H16N2O3S/c1-7(6-12-13(10)11)9-4-2-8-3-5-9/h7-8H,2-6H2,1H3,(H,10,11). The molecule has 0 aromatic carbocycles. The zero-order valence-electron chi connectivity index (χ0n) is 7.73. The Morgan fingerprint density at radius 2 is 2.23 bits per heavy atom. The van der Waals surface area contributed by atoms with E-state index in [4.69, 9.17) is 4.55 Å². The van der Waals surface area contributed by atoms with Crippen LogP contribution in [0.4, 0.5) is 0 Å². The molecule has 1 fully saturated rings. The highest BCUT2D eigenvalue weighted by Gasteiger charge is 2.16. The first-order chi connectivity index (χ1) is 6.20. The molecule has 0 bridgehead atoms. The Kier molecular flexibility index (Phi) is 4.82. The summed E-state index contributed by atoms with van der Waals surface area (Å²) in [6.45, 7) is 6.21. The Labute approximate surface area is 80.9 Å². The number of nitrogens with one attached hydrogen (secondary N) is 1. The van der Waals surface area contributed by atoms with Crippen LogP contribution in [0.15, 0.2) is 0 Å². The average molecular weight is 208 g/mol. The summed E-state index contributed by atoms with van der Waals surface area (Å²) >= 11 is -2.13. The number of hydrogen-bond acceptors (Lipinski definition) is 4. The van der Waals surface area contributed by atoms with Crippen LogP contribution < -0.4 is 5.32 Å². The molecule has 1 aliphatic rings. The van der Waals surface area contributed by atoms with Crippen LogP contribution in [-0.2, 0) is 15.5 Å². The van der Waals surface area contributed by atoms with Crippen LogP contribution >= 0.6 is 0 Å². The molecule has 1 rings (SSSR count). The minimum absolute atomic E-state index is 0.207. The van der Waals surface area contributed by atoms with Crippen LogP contribution in [0.1, 0.15) is 6.92 Å². The summed E-state index contributed by atoms with van der Waals surface area (Å²) in [6.07, 6.45) is 0. The summed E-state index contributed by atoms with van der Waals surface area (Å²) in [5.41, 5.74) is 0. The largest absolute Gasteiger partial charge is 0.314 e. The third-order valence-corrected chi connectivity index (χ3v) is 2.52. The molecule has 0 aromatic heterocycles. The Bertz CT molecular complexity index is 173. The lowest BCUT2D eigenvalue weighted by Crippen LogP contribution is -2.48. The molecule has 0 aliphatic carbocycles. The summed E-state index contributed by atoms with van der Waals surface area (Å²) in [5, 5.41) is 3.24. The number of rotatable bonds is 4. The van der Waals surface area contributed by atoms with Crippen LogP contribution in [0, 0.1) is 0 Å². The van der Waals surface area contributed by atoms with Crippen molar-refractivity contribution in [2.75, 3.05) is 32.8 Å². The van der Waals surface area contributed by atoms with Gasteiger partial charge in [0.15, 0.2) is 0 Å². The maximum atomic E-state index is 10.2. The molecule has 1 saturated heterocycles. The molecule has 1 heterocycles. The van der Waals surface area contributed by atoms with Gasteiger partial charge in [0, 0.05) is 32.2 Å². The predicted molar refractivity (Wildman–Crippen MR) is 50.6 cm³/mol. The molecule has 1 aliphatic heterocycles. The highest BCUT2D eigenvalue weighted by atomic mass is 32.2. The maximum absolute atomic E-state index is 10.2. The third kappa shape index (κ3) is 4.15. The van der Waals surface area contributed by atoms with Crippen molar-refractivity contribution in [2.45, 2.75) is 13.0 Å². The molecule has 0 amide bonds. The lowest BCUT2D eigenvalue weighted by atomic mass is 10.2. The molecule has 2 unspecified atom stereocenters. The van der Waals surface area contributed by atoms with E-state index < -0.39 is 11.4 Å². The normalized spacial score (nSPS) is 24.2. The number of nitrogens with zero attached hydrogens (tertiary/aromatic N) is 1. The summed E-state index contributed by atoms with van der Waals surface area (Å²) in [6, 6.07) is 0.207. The monoisotopic (exact) mass is 208 g/mol. The summed E-state index contributed by atoms with van der Waals surface area (Å²) in [7, 11) is 0. The Morgan fingerprint density at radius 3 is 2.77 bits per heavy atom. The van der Waals surface area contributed by atoms with Crippen molar-refractivity contribution in [3.05, 3.63) is 0 Å². The summed E-state index contributed by atoms with van der Waals surface area (Å²) in [5.74, 6) is 0. The van der Waals surface area contributed by atoms with E-state index in [2.05, 4.69) is 14.4 Å². The van der Waals surface area contributed by atoms with Gasteiger partial charge in [-0.15, -0.1) is 0 Å². The van der Waals surface area contributed by atoms with Crippen LogP contribution in [-0.4, -0.2) is 52.5 Å². The quantitative estimate of drug-likeness (QED) is 0.606. The van der Waals surface area contributed by atoms with Gasteiger partial charge in [0.05, 0.1) is 6.61 Å². The number of hydrogen-bond donors (Lipinski definition) is 2. The van der Waals surface area contributed by atoms with Gasteiger partial charge in [0.25, 0.3) is 0 Å². The summed E-state index contributed by atoms with van der Waals surface area (Å²) in [4.78, 5) is 2.24. The fourth-order valence-electron chi connectivity index (χ4n) is 1.38. The van der Waals surface area contributed by atoms with Gasteiger partial charge in [0.1, 0.15) is 0 Å². The fraction of sp³-hybridized carbons (Fsp3) is 1.00. The minimum atomic E-state index is -2.13. The fourth-order valence-corrected chi connectivity index (χ4v) is 1.70. The minimum Gasteiger partial charge on any atom is -0.314 e. The second kappa shape index (κ2) is 5.66. The third-order valence-electron chi connectivity index (χ3n) is 2.18. The van der Waals surface area contributed by atoms with E-state index in [1.165, 1.54) is 0 Å². The predicted octanol–water partition coefficient (Wildman–Crippen LogP) is -0.567. The molecule has 0 aromatic rings. The number of piperazine rings is 1. The van der Waals surface area contributed by atoms with Crippen molar-refractivity contribution in [3.63, 3.8) is 0 Å². The maximum Gasteiger partial charge on any atom is 0.301 e. The lowest BCUT2D eigenvalue weighted by molar-refractivity contribution is 0.133. The highest BCUT2D eigenvalue weighted by molar-refractivity contribution is 7.74. The highest BCUT2D eigenvalue weighted by Crippen LogP contribution is 2.01. The molecule has 0 radical (unpaired) electrons. The van der Waals surface area contributed by atoms with Crippen molar-refractivity contribution in [2.24, 2.45) is 0 Å². The molecule has 2 N–H and O–H groups in total. The molecule has 13 heavy (non-hydrogen) atoms. The topological polar surface area (TPSA) is 61.8 Å². The van der Waals surface area contributed by atoms with Crippen LogP contribution in [0.5, 0.6) is 0 Å². The van der Waals surface area contributed by atoms with Gasteiger partial charge in [-0.25, -0.2) is 0 Å². The SMILES string of the molecule is CC(COS(=O)O)N1CCNCC1. The van der Waals surface area contributed by atoms with Crippen molar-refractivity contribution in [1.82, 2.24) is 10.2 Å². The second-order valence-electron chi connectivity index (χ2n) is 3.14. The molecule has 2 atom stereocenters. The van der Waals surface area contributed by atoms with Gasteiger partial charge in [0.2, 0.25) is 0 Å². The first-order valence-electron chi connectivity index (χ1n) is 4.39. The summed E-state index contributed by atoms with van der Waals surface area (Å²) < 4.78 is 23.3. The van der Waals surface area contributed by atoms with Gasteiger partial charge in [-0.05, 0) is 6.92 Å². The Hall–Kier alpha value is -0.0100. The molecule has 0 saturated carbocycles. The van der Waals surface area contributed by atoms with E-state index >= 15 is 0 Å². The van der Waals surface area contributed by atoms with E-state index in [9.17, 15) is 4.21 Å². The van der Waals surface area contributed by atoms with Crippen molar-refractivity contribution < 1.29 is 12.9 Å². The van der Waals surface area contributed by atoms with Gasteiger partial charge >= 0.3 is 11.4 Å². The van der Waals surface area contributed by atoms with Gasteiger partial charge in [-0.2, -0.15) is 4.21 Å². The van der Waals surface area contributed by atoms with Gasteiger partial charge < -0.3 is 5.32 Å². The van der Waals surface area contributed by atoms with E-state index in [-0.39, 0.29) is 6.04 Å². The first kappa shape index (κ1) is 11.1. The molecule has 78 valence electrons. The molecule has 5 nitrogen and oxygen atoms in total. The second-order valence-corrected chi connectivity index (χ2v) is 3.81. The van der Waals surface area contributed by atoms with E-state index in [1.54, 1.807) is 0 Å². The van der Waals surface area contributed by atoms with Gasteiger partial charge in [-0.3, -0.25) is 13.6 Å². The van der Waals surface area contributed by atoms with Crippen LogP contribution in [0.2, 0.25) is 0 Å². The molecule has 0 spiro atoms. The van der Waals surface area contributed by atoms with Crippen LogP contribution in [0.25, 0.3) is 0 Å². The molecular formula is C7H16N2O3S. The Balaban J connectivity index is 2.20.